The summed E-state index contributed by atoms with van der Waals surface area (Å²) in [7, 11) is 0. The maximum absolute atomic E-state index is 12.2. The summed E-state index contributed by atoms with van der Waals surface area (Å²) in [5, 5.41) is 0. The van der Waals surface area contributed by atoms with Gasteiger partial charge in [0.1, 0.15) is 0 Å². The molecule has 2 aliphatic rings. The highest BCUT2D eigenvalue weighted by atomic mass is 35.5. The zero-order chi connectivity index (χ0) is 15.8. The van der Waals surface area contributed by atoms with Crippen molar-refractivity contribution in [3.8, 4) is 0 Å². The third kappa shape index (κ3) is 7.18. The highest BCUT2D eigenvalue weighted by molar-refractivity contribution is 7.98. The first-order valence-electron chi connectivity index (χ1n) is 8.58. The largest absolute Gasteiger partial charge is 0.377 e. The number of likely N-dealkylation sites (tertiary alicyclic amines) is 2. The summed E-state index contributed by atoms with van der Waals surface area (Å²) < 4.78 is 5.98. The van der Waals surface area contributed by atoms with Crippen molar-refractivity contribution in [2.24, 2.45) is 5.73 Å². The van der Waals surface area contributed by atoms with Crippen LogP contribution >= 0.6 is 24.2 Å². The van der Waals surface area contributed by atoms with Crippen LogP contribution < -0.4 is 5.73 Å². The number of amides is 1. The average molecular weight is 366 g/mol. The van der Waals surface area contributed by atoms with Crippen LogP contribution in [0.25, 0.3) is 0 Å². The van der Waals surface area contributed by atoms with Crippen LogP contribution in [-0.4, -0.2) is 79.2 Å². The standard InChI is InChI=1S/C16H31N3O2S.ClH/c1-22-13-6-15(17)16(20)19-9-4-14(5-10-19)21-12-11-18-7-2-3-8-18;/h14-15H,2-13,17H2,1H3;1H/t15-;/m0./s1. The number of ether oxygens (including phenoxy) is 1. The van der Waals surface area contributed by atoms with Gasteiger partial charge in [-0.15, -0.1) is 12.4 Å². The zero-order valence-electron chi connectivity index (χ0n) is 14.2. The van der Waals surface area contributed by atoms with Gasteiger partial charge in [-0.25, -0.2) is 0 Å². The number of hydrogen-bond acceptors (Lipinski definition) is 5. The van der Waals surface area contributed by atoms with Crippen LogP contribution in [0.4, 0.5) is 0 Å². The number of thioether (sulfide) groups is 1. The van der Waals surface area contributed by atoms with Gasteiger partial charge in [0, 0.05) is 19.6 Å². The van der Waals surface area contributed by atoms with Crippen LogP contribution in [0.5, 0.6) is 0 Å². The molecule has 0 aliphatic carbocycles. The van der Waals surface area contributed by atoms with Gasteiger partial charge in [0.05, 0.1) is 18.8 Å². The van der Waals surface area contributed by atoms with Crippen LogP contribution in [0.15, 0.2) is 0 Å². The summed E-state index contributed by atoms with van der Waals surface area (Å²) in [5.41, 5.74) is 5.98. The Bertz CT molecular complexity index is 335. The molecule has 2 rings (SSSR count). The lowest BCUT2D eigenvalue weighted by atomic mass is 10.1. The van der Waals surface area contributed by atoms with Crippen molar-refractivity contribution in [3.63, 3.8) is 0 Å². The Kier molecular flexibility index (Phi) is 10.5. The maximum Gasteiger partial charge on any atom is 0.239 e. The Labute approximate surface area is 151 Å². The minimum absolute atomic E-state index is 0. The van der Waals surface area contributed by atoms with Crippen LogP contribution in [0.1, 0.15) is 32.1 Å². The second kappa shape index (κ2) is 11.5. The lowest BCUT2D eigenvalue weighted by molar-refractivity contribution is -0.135. The topological polar surface area (TPSA) is 58.8 Å². The van der Waals surface area contributed by atoms with Gasteiger partial charge in [-0.1, -0.05) is 0 Å². The second-order valence-corrected chi connectivity index (χ2v) is 7.32. The molecule has 2 saturated heterocycles. The summed E-state index contributed by atoms with van der Waals surface area (Å²) >= 11 is 1.74. The molecular formula is C16H32ClN3O2S. The number of piperidine rings is 1. The zero-order valence-corrected chi connectivity index (χ0v) is 15.9. The predicted octanol–water partition coefficient (Wildman–Crippen LogP) is 1.59. The minimum Gasteiger partial charge on any atom is -0.377 e. The molecular weight excluding hydrogens is 334 g/mol. The van der Waals surface area contributed by atoms with E-state index in [-0.39, 0.29) is 24.4 Å². The van der Waals surface area contributed by atoms with E-state index in [0.29, 0.717) is 6.10 Å². The summed E-state index contributed by atoms with van der Waals surface area (Å²) in [4.78, 5) is 16.6. The quantitative estimate of drug-likeness (QED) is 0.707. The summed E-state index contributed by atoms with van der Waals surface area (Å²) in [6.45, 7) is 5.92. The molecule has 5 nitrogen and oxygen atoms in total. The number of halogens is 1. The molecule has 1 amide bonds. The van der Waals surface area contributed by atoms with Gasteiger partial charge in [0.25, 0.3) is 0 Å². The first kappa shape index (κ1) is 21.0. The van der Waals surface area contributed by atoms with Gasteiger partial charge in [0.15, 0.2) is 0 Å². The molecule has 2 N–H and O–H groups in total. The van der Waals surface area contributed by atoms with E-state index < -0.39 is 0 Å². The number of hydrogen-bond donors (Lipinski definition) is 1. The molecule has 0 spiro atoms. The molecule has 136 valence electrons. The molecule has 0 aromatic carbocycles. The van der Waals surface area contributed by atoms with Crippen molar-refractivity contribution in [3.05, 3.63) is 0 Å². The van der Waals surface area contributed by atoms with Crippen molar-refractivity contribution in [2.45, 2.75) is 44.2 Å². The van der Waals surface area contributed by atoms with E-state index >= 15 is 0 Å². The van der Waals surface area contributed by atoms with Gasteiger partial charge in [0.2, 0.25) is 5.91 Å². The first-order chi connectivity index (χ1) is 10.7. The molecule has 2 fully saturated rings. The Balaban J connectivity index is 0.00000264. The van der Waals surface area contributed by atoms with Crippen LogP contribution in [0.2, 0.25) is 0 Å². The van der Waals surface area contributed by atoms with Gasteiger partial charge in [-0.05, 0) is 57.2 Å². The first-order valence-corrected chi connectivity index (χ1v) is 9.97. The smallest absolute Gasteiger partial charge is 0.239 e. The fourth-order valence-corrected chi connectivity index (χ4v) is 3.69. The molecule has 0 aromatic heterocycles. The fraction of sp³-hybridized carbons (Fsp3) is 0.938. The van der Waals surface area contributed by atoms with E-state index in [1.807, 2.05) is 11.2 Å². The van der Waals surface area contributed by atoms with E-state index in [1.54, 1.807) is 11.8 Å². The Morgan fingerprint density at radius 3 is 2.52 bits per heavy atom. The van der Waals surface area contributed by atoms with Crippen molar-refractivity contribution in [1.82, 2.24) is 9.80 Å². The van der Waals surface area contributed by atoms with Gasteiger partial charge in [-0.3, -0.25) is 4.79 Å². The number of rotatable bonds is 8. The molecule has 0 aromatic rings. The summed E-state index contributed by atoms with van der Waals surface area (Å²) in [5.74, 6) is 1.06. The van der Waals surface area contributed by atoms with Gasteiger partial charge >= 0.3 is 0 Å². The Hall–Kier alpha value is -0.0100. The molecule has 0 unspecified atom stereocenters. The molecule has 2 heterocycles. The molecule has 2 aliphatic heterocycles. The van der Waals surface area contributed by atoms with Crippen molar-refractivity contribution < 1.29 is 9.53 Å². The van der Waals surface area contributed by atoms with Crippen molar-refractivity contribution >= 4 is 30.1 Å². The third-order valence-corrected chi connectivity index (χ3v) is 5.31. The van der Waals surface area contributed by atoms with Crippen molar-refractivity contribution in [2.75, 3.05) is 51.3 Å². The Morgan fingerprint density at radius 1 is 1.26 bits per heavy atom. The number of nitrogens with two attached hydrogens (primary N) is 1. The van der Waals surface area contributed by atoms with E-state index in [9.17, 15) is 4.79 Å². The van der Waals surface area contributed by atoms with Crippen LogP contribution in [-0.2, 0) is 9.53 Å². The molecule has 0 saturated carbocycles. The molecule has 0 radical (unpaired) electrons. The van der Waals surface area contributed by atoms with Crippen LogP contribution in [0, 0.1) is 0 Å². The van der Waals surface area contributed by atoms with E-state index in [2.05, 4.69) is 4.90 Å². The number of carbonyl (C=O) groups excluding carboxylic acids is 1. The average Bonchev–Trinajstić information content (AvgIpc) is 3.06. The highest BCUT2D eigenvalue weighted by Gasteiger charge is 2.26. The molecule has 0 bridgehead atoms. The normalized spacial score (nSPS) is 21.2. The summed E-state index contributed by atoms with van der Waals surface area (Å²) in [6.07, 6.45) is 7.68. The minimum atomic E-state index is -0.333. The Morgan fingerprint density at radius 2 is 1.91 bits per heavy atom. The van der Waals surface area contributed by atoms with E-state index in [4.69, 9.17) is 10.5 Å². The highest BCUT2D eigenvalue weighted by Crippen LogP contribution is 2.16. The molecule has 23 heavy (non-hydrogen) atoms. The number of carbonyl (C=O) groups is 1. The summed E-state index contributed by atoms with van der Waals surface area (Å²) in [6, 6.07) is -0.333. The SMILES string of the molecule is CSCC[C@H](N)C(=O)N1CCC(OCCN2CCCC2)CC1.Cl. The fourth-order valence-electron chi connectivity index (χ4n) is 3.20. The van der Waals surface area contributed by atoms with Gasteiger partial charge in [-0.2, -0.15) is 11.8 Å². The van der Waals surface area contributed by atoms with Gasteiger partial charge < -0.3 is 20.3 Å². The lowest BCUT2D eigenvalue weighted by Gasteiger charge is -2.33. The monoisotopic (exact) mass is 365 g/mol. The predicted molar refractivity (Wildman–Crippen MR) is 99.5 cm³/mol. The molecule has 7 heteroatoms. The number of nitrogens with zero attached hydrogens (tertiary/aromatic N) is 2. The van der Waals surface area contributed by atoms with Crippen molar-refractivity contribution in [1.29, 1.82) is 0 Å². The third-order valence-electron chi connectivity index (χ3n) is 4.66. The maximum atomic E-state index is 12.2. The lowest BCUT2D eigenvalue weighted by Crippen LogP contribution is -2.48. The molecule has 1 atom stereocenters. The van der Waals surface area contributed by atoms with E-state index in [0.717, 1.165) is 51.3 Å². The van der Waals surface area contributed by atoms with Crippen LogP contribution in [0.3, 0.4) is 0 Å². The van der Waals surface area contributed by atoms with E-state index in [1.165, 1.54) is 25.9 Å². The second-order valence-electron chi connectivity index (χ2n) is 6.33.